The zero-order valence-electron chi connectivity index (χ0n) is 16.1. The fraction of sp³-hybridized carbons (Fsp3) is 0.182. The average molecular weight is 376 g/mol. The number of rotatable bonds is 4. The highest BCUT2D eigenvalue weighted by Gasteiger charge is 2.26. The van der Waals surface area contributed by atoms with Gasteiger partial charge < -0.3 is 9.47 Å². The number of benzene rings is 2. The molecule has 0 N–H and O–H groups in total. The summed E-state index contributed by atoms with van der Waals surface area (Å²) in [4.78, 5) is 34.0. The summed E-state index contributed by atoms with van der Waals surface area (Å²) in [5, 5.41) is 0. The molecule has 1 aromatic heterocycles. The van der Waals surface area contributed by atoms with Crippen LogP contribution in [0.25, 0.3) is 22.5 Å². The van der Waals surface area contributed by atoms with Crippen LogP contribution in [0.1, 0.15) is 32.1 Å². The molecular weight excluding hydrogens is 356 g/mol. The smallest absolute Gasteiger partial charge is 0.357 e. The van der Waals surface area contributed by atoms with Crippen LogP contribution in [0.4, 0.5) is 0 Å². The highest BCUT2D eigenvalue weighted by atomic mass is 16.5. The predicted molar refractivity (Wildman–Crippen MR) is 105 cm³/mol. The molecule has 0 atom stereocenters. The van der Waals surface area contributed by atoms with E-state index in [4.69, 9.17) is 9.47 Å². The third-order valence-electron chi connectivity index (χ3n) is 4.25. The van der Waals surface area contributed by atoms with Crippen LogP contribution >= 0.6 is 0 Å². The molecule has 142 valence electrons. The molecule has 0 radical (unpaired) electrons. The lowest BCUT2D eigenvalue weighted by atomic mass is 9.99. The molecule has 0 spiro atoms. The van der Waals surface area contributed by atoms with E-state index >= 15 is 0 Å². The van der Waals surface area contributed by atoms with E-state index in [2.05, 4.69) is 9.97 Å². The summed E-state index contributed by atoms with van der Waals surface area (Å²) in [7, 11) is 2.54. The number of carbonyl (C=O) groups excluding carboxylic acids is 2. The molecule has 0 bridgehead atoms. The van der Waals surface area contributed by atoms with Crippen molar-refractivity contribution in [2.75, 3.05) is 14.2 Å². The summed E-state index contributed by atoms with van der Waals surface area (Å²) in [6.07, 6.45) is 0. The second-order valence-electron chi connectivity index (χ2n) is 6.34. The van der Waals surface area contributed by atoms with Gasteiger partial charge in [0, 0.05) is 11.1 Å². The second-order valence-corrected chi connectivity index (χ2v) is 6.34. The molecule has 0 unspecified atom stereocenters. The summed E-state index contributed by atoms with van der Waals surface area (Å²) in [6, 6.07) is 14.9. The van der Waals surface area contributed by atoms with E-state index in [1.165, 1.54) is 14.2 Å². The maximum Gasteiger partial charge on any atom is 0.357 e. The Morgan fingerprint density at radius 3 is 1.68 bits per heavy atom. The topological polar surface area (TPSA) is 78.4 Å². The SMILES string of the molecule is COC(=O)c1nc(-c2cccc(C)c2)nc(C(=O)OC)c1-c1cccc(C)c1. The Morgan fingerprint density at radius 1 is 0.750 bits per heavy atom. The Labute approximate surface area is 163 Å². The third kappa shape index (κ3) is 3.76. The molecule has 0 amide bonds. The van der Waals surface area contributed by atoms with E-state index in [9.17, 15) is 9.59 Å². The number of carbonyl (C=O) groups is 2. The molecule has 3 aromatic rings. The molecule has 3 rings (SSSR count). The van der Waals surface area contributed by atoms with E-state index < -0.39 is 11.9 Å². The Kier molecular flexibility index (Phi) is 5.49. The summed E-state index contributed by atoms with van der Waals surface area (Å²) in [6.45, 7) is 3.86. The van der Waals surface area contributed by atoms with Crippen molar-refractivity contribution in [3.8, 4) is 22.5 Å². The normalized spacial score (nSPS) is 10.4. The number of aryl methyl sites for hydroxylation is 2. The fourth-order valence-corrected chi connectivity index (χ4v) is 2.94. The maximum absolute atomic E-state index is 12.5. The maximum atomic E-state index is 12.5. The lowest BCUT2D eigenvalue weighted by Crippen LogP contribution is -2.16. The van der Waals surface area contributed by atoms with Crippen molar-refractivity contribution in [1.82, 2.24) is 9.97 Å². The predicted octanol–water partition coefficient (Wildman–Crippen LogP) is 4.00. The number of aromatic nitrogens is 2. The van der Waals surface area contributed by atoms with E-state index in [-0.39, 0.29) is 17.2 Å². The van der Waals surface area contributed by atoms with Gasteiger partial charge in [0.2, 0.25) is 0 Å². The van der Waals surface area contributed by atoms with Gasteiger partial charge in [-0.2, -0.15) is 0 Å². The fourth-order valence-electron chi connectivity index (χ4n) is 2.94. The molecule has 0 fully saturated rings. The van der Waals surface area contributed by atoms with Gasteiger partial charge in [-0.15, -0.1) is 0 Å². The largest absolute Gasteiger partial charge is 0.464 e. The number of methoxy groups -OCH3 is 2. The van der Waals surface area contributed by atoms with Crippen LogP contribution < -0.4 is 0 Å². The lowest BCUT2D eigenvalue weighted by molar-refractivity contribution is 0.0592. The van der Waals surface area contributed by atoms with E-state index in [0.29, 0.717) is 16.7 Å². The highest BCUT2D eigenvalue weighted by Crippen LogP contribution is 2.30. The van der Waals surface area contributed by atoms with Gasteiger partial charge in [-0.05, 0) is 25.5 Å². The highest BCUT2D eigenvalue weighted by molar-refractivity contribution is 6.04. The van der Waals surface area contributed by atoms with E-state index in [1.807, 2.05) is 56.3 Å². The van der Waals surface area contributed by atoms with Crippen molar-refractivity contribution in [2.24, 2.45) is 0 Å². The minimum Gasteiger partial charge on any atom is -0.464 e. The van der Waals surface area contributed by atoms with E-state index in [1.54, 1.807) is 6.07 Å². The molecule has 0 saturated heterocycles. The molecule has 0 aliphatic heterocycles. The monoisotopic (exact) mass is 376 g/mol. The molecule has 6 heteroatoms. The molecule has 6 nitrogen and oxygen atoms in total. The number of hydrogen-bond donors (Lipinski definition) is 0. The van der Waals surface area contributed by atoms with Crippen molar-refractivity contribution >= 4 is 11.9 Å². The minimum absolute atomic E-state index is 0.0139. The van der Waals surface area contributed by atoms with Gasteiger partial charge in [0.1, 0.15) is 0 Å². The molecule has 0 aliphatic rings. The van der Waals surface area contributed by atoms with Crippen LogP contribution in [-0.2, 0) is 9.47 Å². The molecule has 2 aromatic carbocycles. The minimum atomic E-state index is -0.655. The second kappa shape index (κ2) is 8.00. The summed E-state index contributed by atoms with van der Waals surface area (Å²) < 4.78 is 9.86. The van der Waals surface area contributed by atoms with Gasteiger partial charge in [0.05, 0.1) is 14.2 Å². The summed E-state index contributed by atoms with van der Waals surface area (Å²) >= 11 is 0. The first-order valence-electron chi connectivity index (χ1n) is 8.67. The van der Waals surface area contributed by atoms with Gasteiger partial charge in [-0.25, -0.2) is 19.6 Å². The van der Waals surface area contributed by atoms with Crippen LogP contribution in [0, 0.1) is 13.8 Å². The van der Waals surface area contributed by atoms with Gasteiger partial charge in [0.25, 0.3) is 0 Å². The average Bonchev–Trinajstić information content (AvgIpc) is 2.71. The Bertz CT molecular complexity index is 1020. The van der Waals surface area contributed by atoms with Crippen LogP contribution in [0.3, 0.4) is 0 Å². The first-order valence-corrected chi connectivity index (χ1v) is 8.67. The number of ether oxygens (including phenoxy) is 2. The lowest BCUT2D eigenvalue weighted by Gasteiger charge is -2.14. The molecule has 1 heterocycles. The Morgan fingerprint density at radius 2 is 1.21 bits per heavy atom. The van der Waals surface area contributed by atoms with Gasteiger partial charge in [-0.1, -0.05) is 53.6 Å². The van der Waals surface area contributed by atoms with Crippen molar-refractivity contribution in [2.45, 2.75) is 13.8 Å². The Balaban J connectivity index is 2.36. The summed E-state index contributed by atoms with van der Waals surface area (Å²) in [5.41, 5.74) is 3.61. The molecule has 0 saturated carbocycles. The van der Waals surface area contributed by atoms with Crippen LogP contribution in [0.15, 0.2) is 48.5 Å². The molecular formula is C22H20N2O4. The van der Waals surface area contributed by atoms with Crippen molar-refractivity contribution < 1.29 is 19.1 Å². The van der Waals surface area contributed by atoms with Gasteiger partial charge in [0.15, 0.2) is 17.2 Å². The van der Waals surface area contributed by atoms with E-state index in [0.717, 1.165) is 11.1 Å². The number of nitrogens with zero attached hydrogens (tertiary/aromatic N) is 2. The Hall–Kier alpha value is -3.54. The van der Waals surface area contributed by atoms with Crippen LogP contribution in [-0.4, -0.2) is 36.1 Å². The first-order chi connectivity index (χ1) is 13.4. The standard InChI is InChI=1S/C22H20N2O4/c1-13-7-5-9-15(11-13)17-18(21(25)27-3)23-20(24-19(17)22(26)28-4)16-10-6-8-14(2)12-16/h5-12H,1-4H3. The number of hydrogen-bond acceptors (Lipinski definition) is 6. The summed E-state index contributed by atoms with van der Waals surface area (Å²) in [5.74, 6) is -1.06. The van der Waals surface area contributed by atoms with Crippen molar-refractivity contribution in [3.63, 3.8) is 0 Å². The van der Waals surface area contributed by atoms with Crippen molar-refractivity contribution in [1.29, 1.82) is 0 Å². The van der Waals surface area contributed by atoms with Gasteiger partial charge >= 0.3 is 11.9 Å². The van der Waals surface area contributed by atoms with Crippen molar-refractivity contribution in [3.05, 3.63) is 71.0 Å². The van der Waals surface area contributed by atoms with Crippen LogP contribution in [0.2, 0.25) is 0 Å². The first kappa shape index (κ1) is 19.2. The molecule has 28 heavy (non-hydrogen) atoms. The quantitative estimate of drug-likeness (QED) is 0.641. The number of esters is 2. The van der Waals surface area contributed by atoms with Gasteiger partial charge in [-0.3, -0.25) is 0 Å². The zero-order valence-corrected chi connectivity index (χ0v) is 16.1. The van der Waals surface area contributed by atoms with Crippen LogP contribution in [0.5, 0.6) is 0 Å². The third-order valence-corrected chi connectivity index (χ3v) is 4.25. The zero-order chi connectivity index (χ0) is 20.3. The molecule has 0 aliphatic carbocycles.